The van der Waals surface area contributed by atoms with Crippen LogP contribution in [0.3, 0.4) is 0 Å². The van der Waals surface area contributed by atoms with Crippen LogP contribution in [-0.4, -0.2) is 40.0 Å². The summed E-state index contributed by atoms with van der Waals surface area (Å²) < 4.78 is 5.03. The number of aromatic amines is 1. The third-order valence-corrected chi connectivity index (χ3v) is 6.13. The largest absolute Gasteiger partial charge is 0.313 e. The quantitative estimate of drug-likeness (QED) is 0.365. The first-order valence-corrected chi connectivity index (χ1v) is 11.5. The molecule has 4 aromatic rings. The van der Waals surface area contributed by atoms with Crippen molar-refractivity contribution < 1.29 is 0 Å². The van der Waals surface area contributed by atoms with E-state index in [9.17, 15) is 0 Å². The van der Waals surface area contributed by atoms with Gasteiger partial charge in [-0.15, -0.1) is 10.2 Å². The molecule has 31 heavy (non-hydrogen) atoms. The van der Waals surface area contributed by atoms with Gasteiger partial charge in [0.15, 0.2) is 5.82 Å². The minimum atomic E-state index is 0.386. The number of H-pyrrole nitrogens is 1. The highest BCUT2D eigenvalue weighted by atomic mass is 79.9. The third-order valence-electron chi connectivity index (χ3n) is 5.49. The van der Waals surface area contributed by atoms with Crippen molar-refractivity contribution >= 4 is 15.9 Å². The van der Waals surface area contributed by atoms with E-state index in [-0.39, 0.29) is 0 Å². The summed E-state index contributed by atoms with van der Waals surface area (Å²) in [6.07, 6.45) is 6.24. The summed E-state index contributed by atoms with van der Waals surface area (Å²) in [5.41, 5.74) is 3.07. The Hall–Kier alpha value is -2.81. The first-order chi connectivity index (χ1) is 15.1. The number of nitrogens with zero attached hydrogens (tertiary/aromatic N) is 7. The lowest BCUT2D eigenvalue weighted by atomic mass is 10.1. The molecular formula is C22H27BrN8. The van der Waals surface area contributed by atoms with Gasteiger partial charge >= 0.3 is 0 Å². The predicted molar refractivity (Wildman–Crippen MR) is 123 cm³/mol. The highest BCUT2D eigenvalue weighted by molar-refractivity contribution is 9.10. The second-order valence-electron chi connectivity index (χ2n) is 7.74. The van der Waals surface area contributed by atoms with E-state index in [0.717, 1.165) is 53.2 Å². The molecule has 0 radical (unpaired) electrons. The standard InChI is InChI=1S/C22H27BrN8/c1-4-6-7-19-24-22(15(3)5-2)31(27-19)14-16-8-10-17(11-9-16)30-13-12-18(23)20(30)21-25-28-29-26-21/h8-13,15H,4-7,14H2,1-3H3,(H,25,26,28,29). The number of rotatable bonds is 9. The van der Waals surface area contributed by atoms with Crippen LogP contribution in [0, 0.1) is 0 Å². The summed E-state index contributed by atoms with van der Waals surface area (Å²) in [4.78, 5) is 4.84. The number of hydrogen-bond donors (Lipinski definition) is 1. The molecule has 0 aliphatic heterocycles. The second kappa shape index (κ2) is 9.55. The van der Waals surface area contributed by atoms with Crippen molar-refractivity contribution in [1.29, 1.82) is 0 Å². The van der Waals surface area contributed by atoms with Crippen LogP contribution in [0.25, 0.3) is 17.2 Å². The Kier molecular flexibility index (Phi) is 6.60. The number of aryl methyl sites for hydroxylation is 1. The van der Waals surface area contributed by atoms with Gasteiger partial charge in [-0.2, -0.15) is 10.3 Å². The number of aromatic nitrogens is 8. The zero-order valence-electron chi connectivity index (χ0n) is 18.1. The fraction of sp³-hybridized carbons (Fsp3) is 0.409. The smallest absolute Gasteiger partial charge is 0.222 e. The van der Waals surface area contributed by atoms with Crippen LogP contribution in [0.15, 0.2) is 41.0 Å². The van der Waals surface area contributed by atoms with Crippen LogP contribution in [0.1, 0.15) is 63.2 Å². The van der Waals surface area contributed by atoms with Gasteiger partial charge in [0.25, 0.3) is 0 Å². The van der Waals surface area contributed by atoms with Crippen LogP contribution < -0.4 is 0 Å². The summed E-state index contributed by atoms with van der Waals surface area (Å²) in [5.74, 6) is 2.96. The first-order valence-electron chi connectivity index (χ1n) is 10.7. The molecule has 8 nitrogen and oxygen atoms in total. The van der Waals surface area contributed by atoms with E-state index in [1.54, 1.807) is 0 Å². The number of nitrogens with one attached hydrogen (secondary N) is 1. The highest BCUT2D eigenvalue weighted by Crippen LogP contribution is 2.29. The lowest BCUT2D eigenvalue weighted by Crippen LogP contribution is -2.09. The summed E-state index contributed by atoms with van der Waals surface area (Å²) >= 11 is 3.58. The summed E-state index contributed by atoms with van der Waals surface area (Å²) in [6, 6.07) is 10.5. The number of benzene rings is 1. The predicted octanol–water partition coefficient (Wildman–Crippen LogP) is 4.92. The van der Waals surface area contributed by atoms with E-state index >= 15 is 0 Å². The monoisotopic (exact) mass is 482 g/mol. The zero-order chi connectivity index (χ0) is 21.8. The minimum Gasteiger partial charge on any atom is -0.313 e. The molecule has 0 fully saturated rings. The van der Waals surface area contributed by atoms with E-state index < -0.39 is 0 Å². The fourth-order valence-corrected chi connectivity index (χ4v) is 4.03. The van der Waals surface area contributed by atoms with Gasteiger partial charge in [0, 0.05) is 28.7 Å². The molecule has 1 atom stereocenters. The lowest BCUT2D eigenvalue weighted by Gasteiger charge is -2.12. The molecule has 0 spiro atoms. The molecule has 4 rings (SSSR count). The SMILES string of the molecule is CCCCc1nc(C(C)CC)n(Cc2ccc(-n3ccc(Br)c3-c3nn[nH]n3)cc2)n1. The van der Waals surface area contributed by atoms with Crippen molar-refractivity contribution in [1.82, 2.24) is 40.0 Å². The minimum absolute atomic E-state index is 0.386. The van der Waals surface area contributed by atoms with Crippen molar-refractivity contribution in [3.8, 4) is 17.2 Å². The van der Waals surface area contributed by atoms with Crippen molar-refractivity contribution in [2.75, 3.05) is 0 Å². The van der Waals surface area contributed by atoms with Crippen LogP contribution in [0.4, 0.5) is 0 Å². The molecule has 1 N–H and O–H groups in total. The Morgan fingerprint density at radius 1 is 1.13 bits per heavy atom. The number of unbranched alkanes of at least 4 members (excludes halogenated alkanes) is 1. The normalized spacial score (nSPS) is 12.4. The Morgan fingerprint density at radius 3 is 2.61 bits per heavy atom. The highest BCUT2D eigenvalue weighted by Gasteiger charge is 2.17. The number of halogens is 1. The Balaban J connectivity index is 1.58. The summed E-state index contributed by atoms with van der Waals surface area (Å²) in [5, 5.41) is 19.2. The molecule has 9 heteroatoms. The van der Waals surface area contributed by atoms with Gasteiger partial charge in [-0.05, 0) is 57.7 Å². The van der Waals surface area contributed by atoms with Gasteiger partial charge in [-0.25, -0.2) is 9.67 Å². The first kappa shape index (κ1) is 21.4. The van der Waals surface area contributed by atoms with E-state index in [4.69, 9.17) is 10.1 Å². The van der Waals surface area contributed by atoms with Crippen LogP contribution >= 0.6 is 15.9 Å². The maximum Gasteiger partial charge on any atom is 0.222 e. The van der Waals surface area contributed by atoms with Crippen molar-refractivity contribution in [3.63, 3.8) is 0 Å². The summed E-state index contributed by atoms with van der Waals surface area (Å²) in [7, 11) is 0. The number of hydrogen-bond acceptors (Lipinski definition) is 5. The molecule has 3 aromatic heterocycles. The van der Waals surface area contributed by atoms with E-state index in [1.807, 2.05) is 16.8 Å². The maximum absolute atomic E-state index is 4.84. The molecule has 3 heterocycles. The average Bonchev–Trinajstić information content (AvgIpc) is 3.52. The molecule has 1 aromatic carbocycles. The van der Waals surface area contributed by atoms with Gasteiger partial charge in [0.2, 0.25) is 5.82 Å². The Labute approximate surface area is 190 Å². The maximum atomic E-state index is 4.84. The van der Waals surface area contributed by atoms with Crippen molar-refractivity contribution in [3.05, 3.63) is 58.2 Å². The lowest BCUT2D eigenvalue weighted by molar-refractivity contribution is 0.574. The molecule has 162 valence electrons. The Morgan fingerprint density at radius 2 is 1.94 bits per heavy atom. The number of tetrazole rings is 1. The molecule has 0 saturated carbocycles. The molecular weight excluding hydrogens is 456 g/mol. The van der Waals surface area contributed by atoms with Gasteiger partial charge in [0.1, 0.15) is 11.5 Å². The van der Waals surface area contributed by atoms with E-state index in [1.165, 1.54) is 5.56 Å². The second-order valence-corrected chi connectivity index (χ2v) is 8.60. The van der Waals surface area contributed by atoms with E-state index in [2.05, 4.69) is 86.3 Å². The fourth-order valence-electron chi connectivity index (χ4n) is 3.54. The third kappa shape index (κ3) is 4.61. The zero-order valence-corrected chi connectivity index (χ0v) is 19.7. The van der Waals surface area contributed by atoms with Crippen molar-refractivity contribution in [2.24, 2.45) is 0 Å². The van der Waals surface area contributed by atoms with E-state index in [0.29, 0.717) is 18.3 Å². The molecule has 0 bridgehead atoms. The van der Waals surface area contributed by atoms with Gasteiger partial charge in [-0.1, -0.05) is 39.3 Å². The molecule has 0 amide bonds. The topological polar surface area (TPSA) is 90.1 Å². The van der Waals surface area contributed by atoms with Crippen LogP contribution in [0.2, 0.25) is 0 Å². The Bertz CT molecular complexity index is 1110. The molecule has 0 aliphatic carbocycles. The van der Waals surface area contributed by atoms with Crippen molar-refractivity contribution in [2.45, 2.75) is 58.9 Å². The van der Waals surface area contributed by atoms with Gasteiger partial charge in [-0.3, -0.25) is 0 Å². The molecule has 0 aliphatic rings. The van der Waals surface area contributed by atoms with Crippen LogP contribution in [-0.2, 0) is 13.0 Å². The molecule has 1 unspecified atom stereocenters. The molecule has 0 saturated heterocycles. The average molecular weight is 483 g/mol. The van der Waals surface area contributed by atoms with Gasteiger partial charge < -0.3 is 4.57 Å². The van der Waals surface area contributed by atoms with Crippen LogP contribution in [0.5, 0.6) is 0 Å². The summed E-state index contributed by atoms with van der Waals surface area (Å²) in [6.45, 7) is 7.32. The van der Waals surface area contributed by atoms with Gasteiger partial charge in [0.05, 0.1) is 6.54 Å².